The zero-order valence-corrected chi connectivity index (χ0v) is 17.5. The second-order valence-corrected chi connectivity index (χ2v) is 7.06. The highest BCUT2D eigenvalue weighted by molar-refractivity contribution is 5.82. The van der Waals surface area contributed by atoms with Crippen LogP contribution in [0.15, 0.2) is 54.3 Å². The van der Waals surface area contributed by atoms with Gasteiger partial charge >= 0.3 is 12.1 Å². The molecule has 8 heteroatoms. The van der Waals surface area contributed by atoms with Crippen LogP contribution in [-0.2, 0) is 29.3 Å². The van der Waals surface area contributed by atoms with E-state index in [-0.39, 0.29) is 25.0 Å². The molecular weight excluding hydrogens is 425 g/mol. The maximum Gasteiger partial charge on any atom is 0.432 e. The summed E-state index contributed by atoms with van der Waals surface area (Å²) in [7, 11) is 0.828. The highest BCUT2D eigenvalue weighted by Crippen LogP contribution is 2.44. The van der Waals surface area contributed by atoms with E-state index < -0.39 is 29.6 Å². The van der Waals surface area contributed by atoms with E-state index in [9.17, 15) is 18.0 Å². The fraction of sp³-hybridized carbons (Fsp3) is 0.375. The predicted octanol–water partition coefficient (Wildman–Crippen LogP) is 4.01. The van der Waals surface area contributed by atoms with Crippen molar-refractivity contribution in [1.29, 1.82) is 0 Å². The second-order valence-electron chi connectivity index (χ2n) is 7.06. The Morgan fingerprint density at radius 3 is 2.59 bits per heavy atom. The number of esters is 1. The van der Waals surface area contributed by atoms with Gasteiger partial charge in [-0.2, -0.15) is 13.2 Å². The van der Waals surface area contributed by atoms with E-state index >= 15 is 0 Å². The van der Waals surface area contributed by atoms with Crippen molar-refractivity contribution in [2.75, 3.05) is 13.7 Å². The molecule has 1 aromatic carbocycles. The lowest BCUT2D eigenvalue weighted by molar-refractivity contribution is -0.283. The molecule has 0 saturated carbocycles. The molecule has 0 aromatic heterocycles. The first-order valence-electron chi connectivity index (χ1n) is 9.79. The predicted molar refractivity (Wildman–Crippen MR) is 109 cm³/mol. The van der Waals surface area contributed by atoms with Gasteiger partial charge in [-0.05, 0) is 37.3 Å². The lowest BCUT2D eigenvalue weighted by Crippen LogP contribution is -2.53. The highest BCUT2D eigenvalue weighted by atomic mass is 19.4. The molecular formula is C24H21F3O5. The van der Waals surface area contributed by atoms with E-state index in [1.165, 1.54) is 24.3 Å². The van der Waals surface area contributed by atoms with Crippen LogP contribution in [0.5, 0.6) is 0 Å². The Hall–Kier alpha value is -3.20. The summed E-state index contributed by atoms with van der Waals surface area (Å²) in [4.78, 5) is 12.7. The summed E-state index contributed by atoms with van der Waals surface area (Å²) >= 11 is 0. The number of alkyl halides is 3. The van der Waals surface area contributed by atoms with Gasteiger partial charge in [-0.25, -0.2) is 4.79 Å². The molecule has 0 radical (unpaired) electrons. The molecule has 1 spiro atoms. The third kappa shape index (κ3) is 4.67. The Bertz CT molecular complexity index is 1010. The first-order chi connectivity index (χ1) is 15.3. The van der Waals surface area contributed by atoms with Crippen molar-refractivity contribution in [2.45, 2.75) is 43.4 Å². The molecule has 2 aliphatic heterocycles. The highest BCUT2D eigenvalue weighted by Gasteiger charge is 2.64. The van der Waals surface area contributed by atoms with Crippen LogP contribution in [0.4, 0.5) is 13.2 Å². The molecule has 1 fully saturated rings. The van der Waals surface area contributed by atoms with Crippen LogP contribution >= 0.6 is 0 Å². The van der Waals surface area contributed by atoms with Crippen molar-refractivity contribution >= 4 is 5.97 Å². The number of carbonyl (C=O) groups excluding carboxylic acids is 1. The zero-order valence-electron chi connectivity index (χ0n) is 17.5. The molecule has 0 bridgehead atoms. The number of rotatable bonds is 4. The summed E-state index contributed by atoms with van der Waals surface area (Å²) in [6, 6.07) is 6.67. The molecule has 0 N–H and O–H groups in total. The van der Waals surface area contributed by atoms with Gasteiger partial charge in [-0.3, -0.25) is 0 Å². The van der Waals surface area contributed by atoms with E-state index in [2.05, 4.69) is 23.7 Å². The fourth-order valence-electron chi connectivity index (χ4n) is 3.44. The van der Waals surface area contributed by atoms with E-state index in [1.54, 1.807) is 31.2 Å². The quantitative estimate of drug-likeness (QED) is 0.517. The lowest BCUT2D eigenvalue weighted by Gasteiger charge is -2.37. The van der Waals surface area contributed by atoms with Crippen LogP contribution in [0.1, 0.15) is 25.3 Å². The Morgan fingerprint density at radius 1 is 1.25 bits per heavy atom. The summed E-state index contributed by atoms with van der Waals surface area (Å²) in [6.07, 6.45) is -0.476. The molecule has 1 aromatic rings. The van der Waals surface area contributed by atoms with Crippen molar-refractivity contribution in [3.05, 3.63) is 59.9 Å². The molecule has 32 heavy (non-hydrogen) atoms. The largest absolute Gasteiger partial charge is 0.458 e. The molecule has 1 saturated heterocycles. The number of halogens is 3. The Balaban J connectivity index is 1.68. The van der Waals surface area contributed by atoms with Gasteiger partial charge in [0, 0.05) is 25.2 Å². The molecule has 2 aliphatic rings. The van der Waals surface area contributed by atoms with Crippen LogP contribution in [0.25, 0.3) is 0 Å². The molecule has 5 nitrogen and oxygen atoms in total. The first-order valence-corrected chi connectivity index (χ1v) is 9.79. The van der Waals surface area contributed by atoms with Crippen LogP contribution in [-0.4, -0.2) is 37.8 Å². The molecule has 0 unspecified atom stereocenters. The SMILES string of the molecule is CC#CC#C/C=C1\C=C[C@@]2(CC[C@@H](OC(=O)[C@@](OC)(c3ccccc3)C(F)(F)F)CO2)O1. The summed E-state index contributed by atoms with van der Waals surface area (Å²) in [6.45, 7) is 1.54. The number of ether oxygens (including phenoxy) is 4. The second kappa shape index (κ2) is 9.52. The number of hydrogen-bond donors (Lipinski definition) is 0. The number of benzene rings is 1. The fourth-order valence-corrected chi connectivity index (χ4v) is 3.44. The van der Waals surface area contributed by atoms with Crippen LogP contribution in [0.3, 0.4) is 0 Å². The van der Waals surface area contributed by atoms with Gasteiger partial charge in [0.25, 0.3) is 5.60 Å². The molecule has 3 rings (SSSR count). The van der Waals surface area contributed by atoms with Gasteiger partial charge in [0.05, 0.1) is 6.61 Å². The van der Waals surface area contributed by atoms with Crippen LogP contribution < -0.4 is 0 Å². The van der Waals surface area contributed by atoms with E-state index in [1.807, 2.05) is 0 Å². The van der Waals surface area contributed by atoms with Gasteiger partial charge in [0.2, 0.25) is 5.79 Å². The number of allylic oxidation sites excluding steroid dienone is 2. The van der Waals surface area contributed by atoms with E-state index in [4.69, 9.17) is 18.9 Å². The molecule has 3 atom stereocenters. The summed E-state index contributed by atoms with van der Waals surface area (Å²) in [5, 5.41) is 0. The Labute approximate surface area is 184 Å². The Morgan fingerprint density at radius 2 is 2.00 bits per heavy atom. The summed E-state index contributed by atoms with van der Waals surface area (Å²) in [5.74, 6) is 8.48. The van der Waals surface area contributed by atoms with Gasteiger partial charge in [-0.15, -0.1) is 0 Å². The van der Waals surface area contributed by atoms with Crippen molar-refractivity contribution < 1.29 is 36.9 Å². The van der Waals surface area contributed by atoms with Crippen molar-refractivity contribution in [1.82, 2.24) is 0 Å². The molecule has 0 amide bonds. The standard InChI is InChI=1S/C24H21F3O5/c1-3-4-5-9-12-19-13-15-22(32-19)16-14-20(17-30-22)31-21(28)23(29-2,24(25,26)27)18-10-7-6-8-11-18/h6-8,10-13,15,20H,14,16-17H2,1-2H3/b19-12+/t20-,22+,23+/m1/s1. The van der Waals surface area contributed by atoms with Crippen LogP contribution in [0, 0.1) is 23.7 Å². The maximum absolute atomic E-state index is 14.0. The van der Waals surface area contributed by atoms with Crippen molar-refractivity contribution in [3.8, 4) is 23.7 Å². The third-order valence-corrected chi connectivity index (χ3v) is 5.04. The number of carbonyl (C=O) groups is 1. The molecule has 0 aliphatic carbocycles. The van der Waals surface area contributed by atoms with Crippen LogP contribution in [0.2, 0.25) is 0 Å². The van der Waals surface area contributed by atoms with Gasteiger partial charge in [0.15, 0.2) is 0 Å². The minimum Gasteiger partial charge on any atom is -0.458 e. The maximum atomic E-state index is 14.0. The topological polar surface area (TPSA) is 54.0 Å². The number of hydrogen-bond acceptors (Lipinski definition) is 5. The van der Waals surface area contributed by atoms with Gasteiger partial charge < -0.3 is 18.9 Å². The third-order valence-electron chi connectivity index (χ3n) is 5.04. The lowest BCUT2D eigenvalue weighted by atomic mass is 9.92. The van der Waals surface area contributed by atoms with E-state index in [0.717, 1.165) is 7.11 Å². The minimum atomic E-state index is -5.03. The minimum absolute atomic E-state index is 0.136. The number of methoxy groups -OCH3 is 1. The van der Waals surface area contributed by atoms with Crippen molar-refractivity contribution in [3.63, 3.8) is 0 Å². The first kappa shape index (κ1) is 23.5. The average molecular weight is 446 g/mol. The molecule has 168 valence electrons. The van der Waals surface area contributed by atoms with E-state index in [0.29, 0.717) is 5.76 Å². The normalized spacial score (nSPS) is 25.2. The zero-order chi connectivity index (χ0) is 23.2. The van der Waals surface area contributed by atoms with Gasteiger partial charge in [0.1, 0.15) is 11.9 Å². The van der Waals surface area contributed by atoms with Gasteiger partial charge in [-0.1, -0.05) is 42.2 Å². The molecule has 2 heterocycles. The Kier molecular flexibility index (Phi) is 6.98. The summed E-state index contributed by atoms with van der Waals surface area (Å²) in [5.41, 5.74) is -3.60. The smallest absolute Gasteiger partial charge is 0.432 e. The average Bonchev–Trinajstić information content (AvgIpc) is 3.16. The van der Waals surface area contributed by atoms with Crippen molar-refractivity contribution in [2.24, 2.45) is 0 Å². The summed E-state index contributed by atoms with van der Waals surface area (Å²) < 4.78 is 63.4. The monoisotopic (exact) mass is 446 g/mol.